The summed E-state index contributed by atoms with van der Waals surface area (Å²) < 4.78 is 10.4. The Hall–Kier alpha value is -2.34. The highest BCUT2D eigenvalue weighted by Crippen LogP contribution is 2.20. The molecular weight excluding hydrogens is 322 g/mol. The van der Waals surface area contributed by atoms with E-state index in [9.17, 15) is 14.4 Å². The smallest absolute Gasteiger partial charge is 0.375 e. The molecular formula is C16H14ClNO5. The largest absolute Gasteiger partial charge is 0.449 e. The van der Waals surface area contributed by atoms with Gasteiger partial charge < -0.3 is 14.5 Å². The molecule has 0 aliphatic heterocycles. The van der Waals surface area contributed by atoms with Gasteiger partial charge in [0, 0.05) is 17.1 Å². The first kappa shape index (κ1) is 15.6. The summed E-state index contributed by atoms with van der Waals surface area (Å²) in [5.41, 5.74) is -0.181. The van der Waals surface area contributed by atoms with Crippen LogP contribution in [-0.2, 0) is 9.53 Å². The molecule has 2 aromatic rings. The molecule has 7 heteroatoms. The van der Waals surface area contributed by atoms with E-state index in [1.807, 2.05) is 0 Å². The number of carbonyl (C=O) groups excluding carboxylic acids is 2. The summed E-state index contributed by atoms with van der Waals surface area (Å²) in [6.07, 6.45) is 0.914. The monoisotopic (exact) mass is 335 g/mol. The van der Waals surface area contributed by atoms with Crippen LogP contribution in [0.5, 0.6) is 0 Å². The number of halogens is 1. The van der Waals surface area contributed by atoms with Crippen molar-refractivity contribution >= 4 is 34.4 Å². The van der Waals surface area contributed by atoms with Crippen LogP contribution >= 0.6 is 11.6 Å². The van der Waals surface area contributed by atoms with E-state index in [0.717, 1.165) is 18.9 Å². The quantitative estimate of drug-likeness (QED) is 0.866. The summed E-state index contributed by atoms with van der Waals surface area (Å²) in [5, 5.41) is 3.40. The highest BCUT2D eigenvalue weighted by molar-refractivity contribution is 6.31. The lowest BCUT2D eigenvalue weighted by atomic mass is 10.2. The third-order valence-corrected chi connectivity index (χ3v) is 3.70. The number of ether oxygens (including phenoxy) is 1. The van der Waals surface area contributed by atoms with E-state index in [-0.39, 0.29) is 28.7 Å². The van der Waals surface area contributed by atoms with E-state index in [0.29, 0.717) is 5.02 Å². The van der Waals surface area contributed by atoms with E-state index in [4.69, 9.17) is 20.8 Å². The molecule has 0 radical (unpaired) electrons. The standard InChI is InChI=1S/C16H14ClNO5/c1-8(15(20)18-10-3-4-10)22-16(21)14-7-12(19)11-6-9(17)2-5-13(11)23-14/h2,5-8,10H,3-4H2,1H3,(H,18,20). The van der Waals surface area contributed by atoms with Crippen LogP contribution in [0.1, 0.15) is 30.3 Å². The second kappa shape index (κ2) is 6.04. The minimum atomic E-state index is -0.964. The number of amides is 1. The maximum atomic E-state index is 12.1. The summed E-state index contributed by atoms with van der Waals surface area (Å²) in [6.45, 7) is 1.47. The van der Waals surface area contributed by atoms with Gasteiger partial charge in [-0.1, -0.05) is 11.6 Å². The van der Waals surface area contributed by atoms with Crippen LogP contribution in [0.3, 0.4) is 0 Å². The van der Waals surface area contributed by atoms with Crippen LogP contribution < -0.4 is 10.7 Å². The van der Waals surface area contributed by atoms with Crippen molar-refractivity contribution in [2.45, 2.75) is 31.9 Å². The van der Waals surface area contributed by atoms with Crippen molar-refractivity contribution in [3.63, 3.8) is 0 Å². The van der Waals surface area contributed by atoms with Crippen LogP contribution in [0.4, 0.5) is 0 Å². The van der Waals surface area contributed by atoms with Crippen LogP contribution in [0.15, 0.2) is 33.5 Å². The van der Waals surface area contributed by atoms with Gasteiger partial charge >= 0.3 is 5.97 Å². The number of rotatable bonds is 4. The molecule has 1 aromatic carbocycles. The Labute approximate surface area is 136 Å². The Morgan fingerprint density at radius 2 is 2.09 bits per heavy atom. The maximum absolute atomic E-state index is 12.1. The third kappa shape index (κ3) is 3.53. The van der Waals surface area contributed by atoms with Crippen molar-refractivity contribution in [1.29, 1.82) is 0 Å². The average Bonchev–Trinajstić information content (AvgIpc) is 3.31. The summed E-state index contributed by atoms with van der Waals surface area (Å²) in [6, 6.07) is 5.72. The van der Waals surface area contributed by atoms with Gasteiger partial charge in [0.1, 0.15) is 5.58 Å². The second-order valence-electron chi connectivity index (χ2n) is 5.45. The third-order valence-electron chi connectivity index (χ3n) is 3.47. The molecule has 1 heterocycles. The fourth-order valence-electron chi connectivity index (χ4n) is 2.05. The highest BCUT2D eigenvalue weighted by atomic mass is 35.5. The van der Waals surface area contributed by atoms with Gasteiger partial charge in [-0.25, -0.2) is 4.79 Å². The predicted molar refractivity (Wildman–Crippen MR) is 83.5 cm³/mol. The normalized spacial score (nSPS) is 15.2. The van der Waals surface area contributed by atoms with Crippen molar-refractivity contribution < 1.29 is 18.7 Å². The lowest BCUT2D eigenvalue weighted by molar-refractivity contribution is -0.129. The van der Waals surface area contributed by atoms with Crippen molar-refractivity contribution in [2.24, 2.45) is 0 Å². The Bertz CT molecular complexity index is 840. The molecule has 6 nitrogen and oxygen atoms in total. The molecule has 1 aliphatic carbocycles. The van der Waals surface area contributed by atoms with E-state index in [2.05, 4.69) is 5.32 Å². The van der Waals surface area contributed by atoms with E-state index < -0.39 is 17.5 Å². The molecule has 1 saturated carbocycles. The van der Waals surface area contributed by atoms with E-state index >= 15 is 0 Å². The highest BCUT2D eigenvalue weighted by Gasteiger charge is 2.28. The van der Waals surface area contributed by atoms with E-state index in [1.54, 1.807) is 6.07 Å². The minimum absolute atomic E-state index is 0.173. The molecule has 1 fully saturated rings. The molecule has 1 N–H and O–H groups in total. The minimum Gasteiger partial charge on any atom is -0.449 e. The zero-order valence-corrected chi connectivity index (χ0v) is 13.1. The van der Waals surface area contributed by atoms with Crippen LogP contribution in [0, 0.1) is 0 Å². The van der Waals surface area contributed by atoms with Crippen molar-refractivity contribution in [2.75, 3.05) is 0 Å². The second-order valence-corrected chi connectivity index (χ2v) is 5.88. The van der Waals surface area contributed by atoms with Gasteiger partial charge in [0.15, 0.2) is 11.5 Å². The van der Waals surface area contributed by atoms with Gasteiger partial charge in [0.2, 0.25) is 5.76 Å². The van der Waals surface area contributed by atoms with Crippen molar-refractivity contribution in [3.8, 4) is 0 Å². The molecule has 0 spiro atoms. The van der Waals surface area contributed by atoms with Gasteiger partial charge in [-0.2, -0.15) is 0 Å². The van der Waals surface area contributed by atoms with Gasteiger partial charge in [-0.15, -0.1) is 0 Å². The number of fused-ring (bicyclic) bond motifs is 1. The van der Waals surface area contributed by atoms with Gasteiger partial charge in [-0.05, 0) is 38.0 Å². The Balaban J connectivity index is 1.79. The molecule has 120 valence electrons. The first-order valence-corrected chi connectivity index (χ1v) is 7.56. The fraction of sp³-hybridized carbons (Fsp3) is 0.312. The SMILES string of the molecule is CC(OC(=O)c1cc(=O)c2cc(Cl)ccc2o1)C(=O)NC1CC1. The van der Waals surface area contributed by atoms with Gasteiger partial charge in [-0.3, -0.25) is 9.59 Å². The van der Waals surface area contributed by atoms with Crippen molar-refractivity contribution in [3.05, 3.63) is 45.3 Å². The van der Waals surface area contributed by atoms with Crippen LogP contribution in [0.2, 0.25) is 5.02 Å². The number of benzene rings is 1. The summed E-state index contributed by atoms with van der Waals surface area (Å²) in [5.74, 6) is -1.48. The first-order valence-electron chi connectivity index (χ1n) is 7.19. The summed E-state index contributed by atoms with van der Waals surface area (Å²) in [4.78, 5) is 35.9. The molecule has 23 heavy (non-hydrogen) atoms. The molecule has 0 bridgehead atoms. The summed E-state index contributed by atoms with van der Waals surface area (Å²) >= 11 is 5.83. The molecule has 1 aliphatic rings. The average molecular weight is 336 g/mol. The molecule has 3 rings (SSSR count). The Kier molecular flexibility index (Phi) is 4.09. The maximum Gasteiger partial charge on any atom is 0.375 e. The topological polar surface area (TPSA) is 85.6 Å². The van der Waals surface area contributed by atoms with Gasteiger partial charge in [0.25, 0.3) is 5.91 Å². The fourth-order valence-corrected chi connectivity index (χ4v) is 2.22. The predicted octanol–water partition coefficient (Wildman–Crippen LogP) is 2.27. The molecule has 1 atom stereocenters. The lowest BCUT2D eigenvalue weighted by Crippen LogP contribution is -2.37. The number of hydrogen-bond donors (Lipinski definition) is 1. The zero-order valence-electron chi connectivity index (χ0n) is 12.3. The lowest BCUT2D eigenvalue weighted by Gasteiger charge is -2.12. The zero-order chi connectivity index (χ0) is 16.6. The molecule has 0 saturated heterocycles. The number of nitrogens with one attached hydrogen (secondary N) is 1. The number of esters is 1. The van der Waals surface area contributed by atoms with Gasteiger partial charge in [0.05, 0.1) is 5.39 Å². The Morgan fingerprint density at radius 1 is 1.35 bits per heavy atom. The number of carbonyl (C=O) groups is 2. The first-order chi connectivity index (χ1) is 10.9. The van der Waals surface area contributed by atoms with Crippen molar-refractivity contribution in [1.82, 2.24) is 5.32 Å². The van der Waals surface area contributed by atoms with E-state index in [1.165, 1.54) is 19.1 Å². The molecule has 1 aromatic heterocycles. The summed E-state index contributed by atoms with van der Waals surface area (Å²) in [7, 11) is 0. The van der Waals surface area contributed by atoms with Crippen LogP contribution in [-0.4, -0.2) is 24.0 Å². The number of hydrogen-bond acceptors (Lipinski definition) is 5. The Morgan fingerprint density at radius 3 is 2.78 bits per heavy atom. The molecule has 1 amide bonds. The molecule has 1 unspecified atom stereocenters. The van der Waals surface area contributed by atoms with Crippen LogP contribution in [0.25, 0.3) is 11.0 Å².